The quantitative estimate of drug-likeness (QED) is 0.189. The number of fused-ring (bicyclic) bond motifs is 1. The number of hydrogen-bond donors (Lipinski definition) is 0. The maximum absolute atomic E-state index is 13.9. The van der Waals surface area contributed by atoms with Crippen LogP contribution in [0.15, 0.2) is 42.2 Å². The van der Waals surface area contributed by atoms with Crippen LogP contribution in [0.1, 0.15) is 27.0 Å². The molecule has 0 saturated heterocycles. The molecule has 4 rings (SSSR count). The standard InChI is InChI=1S/C23H12ClF5O3/c1-10-15(31-9-13-17(25)19(27)21(29)20(28)18(13)26)7-6-12-22(30)16(32-23(10)12)8-11-4-2-3-5-14(11)24/h2-8H,9H2,1H3/b16-8-. The number of Topliss-reactive ketones (excluding diaryl/α,β-unsaturated/α-hetero) is 1. The molecular weight excluding hydrogens is 455 g/mol. The fourth-order valence-corrected chi connectivity index (χ4v) is 3.38. The first-order chi connectivity index (χ1) is 15.2. The lowest BCUT2D eigenvalue weighted by Gasteiger charge is -2.13. The maximum atomic E-state index is 13.9. The van der Waals surface area contributed by atoms with Gasteiger partial charge in [0.2, 0.25) is 11.6 Å². The molecule has 0 unspecified atom stereocenters. The Morgan fingerprint density at radius 3 is 2.22 bits per heavy atom. The third-order valence-electron chi connectivity index (χ3n) is 4.90. The first-order valence-corrected chi connectivity index (χ1v) is 9.54. The van der Waals surface area contributed by atoms with Crippen molar-refractivity contribution in [3.63, 3.8) is 0 Å². The number of hydrogen-bond acceptors (Lipinski definition) is 3. The Morgan fingerprint density at radius 1 is 0.938 bits per heavy atom. The van der Waals surface area contributed by atoms with Crippen LogP contribution in [0.25, 0.3) is 6.08 Å². The molecule has 0 amide bonds. The van der Waals surface area contributed by atoms with E-state index in [0.29, 0.717) is 16.1 Å². The molecule has 0 fully saturated rings. The van der Waals surface area contributed by atoms with E-state index in [1.54, 1.807) is 24.3 Å². The van der Waals surface area contributed by atoms with E-state index < -0.39 is 47.0 Å². The zero-order valence-corrected chi connectivity index (χ0v) is 17.0. The number of halogens is 6. The van der Waals surface area contributed by atoms with Gasteiger partial charge in [-0.3, -0.25) is 4.79 Å². The minimum Gasteiger partial charge on any atom is -0.488 e. The highest BCUT2D eigenvalue weighted by Crippen LogP contribution is 2.40. The minimum atomic E-state index is -2.25. The van der Waals surface area contributed by atoms with Gasteiger partial charge in [0.1, 0.15) is 18.1 Å². The van der Waals surface area contributed by atoms with Crippen LogP contribution in [0.5, 0.6) is 11.5 Å². The normalized spacial score (nSPS) is 14.0. The van der Waals surface area contributed by atoms with E-state index in [1.807, 2.05) is 0 Å². The fourth-order valence-electron chi connectivity index (χ4n) is 3.18. The Bertz CT molecular complexity index is 1270. The van der Waals surface area contributed by atoms with Crippen molar-refractivity contribution in [2.24, 2.45) is 0 Å². The molecule has 0 N–H and O–H groups in total. The van der Waals surface area contributed by atoms with Gasteiger partial charge in [-0.05, 0) is 36.8 Å². The van der Waals surface area contributed by atoms with Gasteiger partial charge in [-0.25, -0.2) is 22.0 Å². The molecule has 1 aliphatic rings. The number of carbonyl (C=O) groups is 1. The third-order valence-corrected chi connectivity index (χ3v) is 5.25. The van der Waals surface area contributed by atoms with E-state index in [-0.39, 0.29) is 22.8 Å². The molecule has 3 aromatic rings. The average Bonchev–Trinajstić information content (AvgIpc) is 3.10. The zero-order chi connectivity index (χ0) is 23.2. The largest absolute Gasteiger partial charge is 0.488 e. The van der Waals surface area contributed by atoms with Gasteiger partial charge in [0, 0.05) is 10.6 Å². The SMILES string of the molecule is Cc1c(OCc2c(F)c(F)c(F)c(F)c2F)ccc2c1O/C(=C\c1ccccc1Cl)C2=O. The van der Waals surface area contributed by atoms with Crippen LogP contribution in [-0.2, 0) is 6.61 Å². The van der Waals surface area contributed by atoms with Gasteiger partial charge >= 0.3 is 0 Å². The molecular formula is C23H12ClF5O3. The summed E-state index contributed by atoms with van der Waals surface area (Å²) in [6.45, 7) is 0.597. The maximum Gasteiger partial charge on any atom is 0.231 e. The first-order valence-electron chi connectivity index (χ1n) is 9.16. The van der Waals surface area contributed by atoms with Gasteiger partial charge in [-0.1, -0.05) is 29.8 Å². The molecule has 0 aromatic heterocycles. The van der Waals surface area contributed by atoms with E-state index in [0.717, 1.165) is 0 Å². The Kier molecular flexibility index (Phi) is 5.64. The van der Waals surface area contributed by atoms with Crippen molar-refractivity contribution in [2.45, 2.75) is 13.5 Å². The number of ether oxygens (including phenoxy) is 2. The lowest BCUT2D eigenvalue weighted by Crippen LogP contribution is -2.10. The van der Waals surface area contributed by atoms with E-state index in [4.69, 9.17) is 21.1 Å². The van der Waals surface area contributed by atoms with E-state index in [2.05, 4.69) is 0 Å². The van der Waals surface area contributed by atoms with Crippen molar-refractivity contribution in [1.82, 2.24) is 0 Å². The predicted molar refractivity (Wildman–Crippen MR) is 106 cm³/mol. The molecule has 32 heavy (non-hydrogen) atoms. The number of ketones is 1. The van der Waals surface area contributed by atoms with Crippen LogP contribution in [0.4, 0.5) is 22.0 Å². The summed E-state index contributed by atoms with van der Waals surface area (Å²) >= 11 is 6.11. The van der Waals surface area contributed by atoms with Crippen LogP contribution in [0.2, 0.25) is 5.02 Å². The Morgan fingerprint density at radius 2 is 1.56 bits per heavy atom. The van der Waals surface area contributed by atoms with Crippen LogP contribution < -0.4 is 9.47 Å². The van der Waals surface area contributed by atoms with Crippen molar-refractivity contribution < 1.29 is 36.2 Å². The van der Waals surface area contributed by atoms with Gasteiger partial charge in [0.15, 0.2) is 29.0 Å². The number of benzene rings is 3. The topological polar surface area (TPSA) is 35.5 Å². The first kappa shape index (κ1) is 21.8. The van der Waals surface area contributed by atoms with Crippen molar-refractivity contribution >= 4 is 23.5 Å². The van der Waals surface area contributed by atoms with Crippen molar-refractivity contribution in [3.05, 3.63) is 98.5 Å². The van der Waals surface area contributed by atoms with E-state index in [9.17, 15) is 26.7 Å². The van der Waals surface area contributed by atoms with Crippen LogP contribution >= 0.6 is 11.6 Å². The second-order valence-corrected chi connectivity index (χ2v) is 7.27. The number of rotatable bonds is 4. The highest BCUT2D eigenvalue weighted by Gasteiger charge is 2.31. The lowest BCUT2D eigenvalue weighted by atomic mass is 10.1. The van der Waals surface area contributed by atoms with Gasteiger partial charge in [0.05, 0.1) is 11.1 Å². The van der Waals surface area contributed by atoms with Crippen molar-refractivity contribution in [1.29, 1.82) is 0 Å². The summed E-state index contributed by atoms with van der Waals surface area (Å²) in [7, 11) is 0. The predicted octanol–water partition coefficient (Wildman–Crippen LogP) is 6.54. The summed E-state index contributed by atoms with van der Waals surface area (Å²) in [5.74, 6) is -10.5. The third kappa shape index (κ3) is 3.60. The fraction of sp³-hybridized carbons (Fsp3) is 0.0870. The lowest BCUT2D eigenvalue weighted by molar-refractivity contribution is 0.101. The molecule has 164 valence electrons. The van der Waals surface area contributed by atoms with Gasteiger partial charge in [-0.15, -0.1) is 0 Å². The Labute approximate surface area is 183 Å². The second kappa shape index (κ2) is 8.27. The molecule has 9 heteroatoms. The smallest absolute Gasteiger partial charge is 0.231 e. The number of allylic oxidation sites excluding steroid dienone is 1. The summed E-state index contributed by atoms with van der Waals surface area (Å²) < 4.78 is 78.7. The summed E-state index contributed by atoms with van der Waals surface area (Å²) in [5, 5.41) is 0.413. The van der Waals surface area contributed by atoms with Crippen LogP contribution in [0, 0.1) is 36.0 Å². The molecule has 0 aliphatic carbocycles. The average molecular weight is 467 g/mol. The molecule has 1 heterocycles. The van der Waals surface area contributed by atoms with Crippen LogP contribution in [0.3, 0.4) is 0 Å². The molecule has 0 saturated carbocycles. The van der Waals surface area contributed by atoms with Gasteiger partial charge in [-0.2, -0.15) is 0 Å². The highest BCUT2D eigenvalue weighted by molar-refractivity contribution is 6.32. The van der Waals surface area contributed by atoms with E-state index in [1.165, 1.54) is 25.1 Å². The van der Waals surface area contributed by atoms with Crippen molar-refractivity contribution in [2.75, 3.05) is 0 Å². The molecule has 0 bridgehead atoms. The van der Waals surface area contributed by atoms with Crippen molar-refractivity contribution in [3.8, 4) is 11.5 Å². The molecule has 1 aliphatic heterocycles. The molecule has 0 radical (unpaired) electrons. The Hall–Kier alpha value is -3.39. The molecule has 3 aromatic carbocycles. The zero-order valence-electron chi connectivity index (χ0n) is 16.2. The summed E-state index contributed by atoms with van der Waals surface area (Å²) in [4.78, 5) is 12.7. The van der Waals surface area contributed by atoms with Gasteiger partial charge < -0.3 is 9.47 Å². The van der Waals surface area contributed by atoms with Crippen LogP contribution in [-0.4, -0.2) is 5.78 Å². The summed E-state index contributed by atoms with van der Waals surface area (Å²) in [6, 6.07) is 9.54. The van der Waals surface area contributed by atoms with Gasteiger partial charge in [0.25, 0.3) is 0 Å². The Balaban J connectivity index is 1.63. The molecule has 3 nitrogen and oxygen atoms in total. The number of carbonyl (C=O) groups excluding carboxylic acids is 1. The summed E-state index contributed by atoms with van der Waals surface area (Å²) in [5.41, 5.74) is -0.0185. The summed E-state index contributed by atoms with van der Waals surface area (Å²) in [6.07, 6.45) is 1.47. The monoisotopic (exact) mass is 466 g/mol. The highest BCUT2D eigenvalue weighted by atomic mass is 35.5. The molecule has 0 atom stereocenters. The van der Waals surface area contributed by atoms with E-state index >= 15 is 0 Å². The molecule has 0 spiro atoms. The second-order valence-electron chi connectivity index (χ2n) is 6.86. The minimum absolute atomic E-state index is 0.00751.